The Morgan fingerprint density at radius 2 is 2.12 bits per heavy atom. The van der Waals surface area contributed by atoms with Crippen LogP contribution >= 0.6 is 0 Å². The van der Waals surface area contributed by atoms with Crippen LogP contribution in [-0.4, -0.2) is 55.3 Å². The van der Waals surface area contributed by atoms with Crippen LogP contribution < -0.4 is 5.32 Å². The number of nitriles is 1. The van der Waals surface area contributed by atoms with Gasteiger partial charge < -0.3 is 14.6 Å². The molecule has 3 heterocycles. The van der Waals surface area contributed by atoms with Crippen molar-refractivity contribution in [1.82, 2.24) is 24.6 Å². The van der Waals surface area contributed by atoms with Gasteiger partial charge >= 0.3 is 6.09 Å². The fourth-order valence-corrected chi connectivity index (χ4v) is 3.64. The fourth-order valence-electron chi connectivity index (χ4n) is 3.64. The lowest BCUT2D eigenvalue weighted by Gasteiger charge is -2.34. The van der Waals surface area contributed by atoms with Crippen LogP contribution in [0.4, 0.5) is 10.7 Å². The molecule has 4 rings (SSSR count). The van der Waals surface area contributed by atoms with E-state index in [0.29, 0.717) is 29.7 Å². The van der Waals surface area contributed by atoms with Gasteiger partial charge in [0, 0.05) is 19.3 Å². The smallest absolute Gasteiger partial charge is 0.410 e. The Kier molecular flexibility index (Phi) is 5.57. The minimum Gasteiger partial charge on any atom is -0.444 e. The second-order valence-corrected chi connectivity index (χ2v) is 8.79. The van der Waals surface area contributed by atoms with E-state index in [9.17, 15) is 9.59 Å². The van der Waals surface area contributed by atoms with Crippen LogP contribution in [0.15, 0.2) is 30.5 Å². The summed E-state index contributed by atoms with van der Waals surface area (Å²) >= 11 is 0. The number of hydrogen-bond donors (Lipinski definition) is 2. The number of carbonyl (C=O) groups excluding carboxylic acids is 2. The van der Waals surface area contributed by atoms with Gasteiger partial charge in [-0.05, 0) is 57.9 Å². The number of anilines is 1. The van der Waals surface area contributed by atoms with E-state index in [0.717, 1.165) is 12.8 Å². The Morgan fingerprint density at radius 1 is 1.31 bits per heavy atom. The number of aromatic nitrogens is 4. The third kappa shape index (κ3) is 4.72. The maximum atomic E-state index is 12.7. The first kappa shape index (κ1) is 21.4. The highest BCUT2D eigenvalue weighted by atomic mass is 16.6. The van der Waals surface area contributed by atoms with Crippen molar-refractivity contribution in [1.29, 1.82) is 5.26 Å². The molecule has 0 spiro atoms. The standard InChI is InChI=1S/C22H25N7O3/c1-22(2,3)32-21(31)28-9-4-5-15(13-28)29-10-8-17(27-29)19(30)26-20-24-16-7-6-14(12-23)11-18(16)25-20/h6-8,10-11,15H,4-5,9,13H2,1-3H3,(H2,24,25,26,30). The van der Waals surface area contributed by atoms with Gasteiger partial charge in [-0.25, -0.2) is 9.78 Å². The fraction of sp³-hybridized carbons (Fsp3) is 0.409. The van der Waals surface area contributed by atoms with Gasteiger partial charge in [0.15, 0.2) is 5.69 Å². The summed E-state index contributed by atoms with van der Waals surface area (Å²) in [4.78, 5) is 34.1. The molecule has 0 aliphatic carbocycles. The van der Waals surface area contributed by atoms with Gasteiger partial charge in [-0.3, -0.25) is 14.8 Å². The Balaban J connectivity index is 1.42. The van der Waals surface area contributed by atoms with E-state index < -0.39 is 11.5 Å². The molecule has 0 radical (unpaired) electrons. The Hall–Kier alpha value is -3.87. The molecular formula is C22H25N7O3. The van der Waals surface area contributed by atoms with E-state index in [4.69, 9.17) is 10.00 Å². The number of amides is 2. The lowest BCUT2D eigenvalue weighted by molar-refractivity contribution is 0.0167. The third-order valence-corrected chi connectivity index (χ3v) is 5.11. The molecule has 1 unspecified atom stereocenters. The second-order valence-electron chi connectivity index (χ2n) is 8.79. The average Bonchev–Trinajstić information content (AvgIpc) is 3.39. The molecule has 10 heteroatoms. The summed E-state index contributed by atoms with van der Waals surface area (Å²) in [7, 11) is 0. The lowest BCUT2D eigenvalue weighted by atomic mass is 10.1. The van der Waals surface area contributed by atoms with Crippen LogP contribution in [0.1, 0.15) is 55.7 Å². The molecule has 0 bridgehead atoms. The van der Waals surface area contributed by atoms with Crippen LogP contribution in [0.2, 0.25) is 0 Å². The Labute approximate surface area is 185 Å². The lowest BCUT2D eigenvalue weighted by Crippen LogP contribution is -2.43. The number of imidazole rings is 1. The van der Waals surface area contributed by atoms with Crippen LogP contribution in [0.5, 0.6) is 0 Å². The number of likely N-dealkylation sites (tertiary alicyclic amines) is 1. The Bertz CT molecular complexity index is 1200. The molecule has 1 saturated heterocycles. The van der Waals surface area contributed by atoms with Gasteiger partial charge in [0.2, 0.25) is 5.95 Å². The van der Waals surface area contributed by atoms with Crippen molar-refractivity contribution in [2.24, 2.45) is 0 Å². The second kappa shape index (κ2) is 8.34. The van der Waals surface area contributed by atoms with E-state index in [1.807, 2.05) is 20.8 Å². The number of fused-ring (bicyclic) bond motifs is 1. The van der Waals surface area contributed by atoms with Crippen molar-refractivity contribution in [3.05, 3.63) is 41.7 Å². The molecule has 166 valence electrons. The zero-order valence-electron chi connectivity index (χ0n) is 18.3. The minimum absolute atomic E-state index is 0.0339. The first-order chi connectivity index (χ1) is 15.2. The predicted molar refractivity (Wildman–Crippen MR) is 117 cm³/mol. The van der Waals surface area contributed by atoms with Crippen LogP contribution in [-0.2, 0) is 4.74 Å². The number of carbonyl (C=O) groups is 2. The average molecular weight is 435 g/mol. The van der Waals surface area contributed by atoms with Crippen molar-refractivity contribution >= 4 is 29.0 Å². The highest BCUT2D eigenvalue weighted by Crippen LogP contribution is 2.23. The van der Waals surface area contributed by atoms with E-state index >= 15 is 0 Å². The maximum Gasteiger partial charge on any atom is 0.410 e. The number of benzene rings is 1. The summed E-state index contributed by atoms with van der Waals surface area (Å²) < 4.78 is 7.20. The number of H-pyrrole nitrogens is 1. The SMILES string of the molecule is CC(C)(C)OC(=O)N1CCCC(n2ccc(C(=O)Nc3nc4ccc(C#N)cc4[nH]3)n2)C1. The first-order valence-corrected chi connectivity index (χ1v) is 10.5. The number of rotatable bonds is 3. The number of nitrogens with one attached hydrogen (secondary N) is 2. The number of nitrogens with zero attached hydrogens (tertiary/aromatic N) is 5. The minimum atomic E-state index is -0.548. The summed E-state index contributed by atoms with van der Waals surface area (Å²) in [6.45, 7) is 6.64. The number of piperidine rings is 1. The molecule has 3 aromatic rings. The molecule has 1 fully saturated rings. The molecule has 2 amide bonds. The molecule has 2 N–H and O–H groups in total. The van der Waals surface area contributed by atoms with Gasteiger partial charge in [0.25, 0.3) is 5.91 Å². The number of aromatic amines is 1. The topological polar surface area (TPSA) is 129 Å². The van der Waals surface area contributed by atoms with E-state index in [1.54, 1.807) is 40.0 Å². The van der Waals surface area contributed by atoms with Gasteiger partial charge in [-0.1, -0.05) is 0 Å². The molecule has 0 saturated carbocycles. The summed E-state index contributed by atoms with van der Waals surface area (Å²) in [5.74, 6) is -0.119. The van der Waals surface area contributed by atoms with Crippen molar-refractivity contribution in [2.45, 2.75) is 45.3 Å². The number of hydrogen-bond acceptors (Lipinski definition) is 6. The van der Waals surface area contributed by atoms with E-state index in [2.05, 4.69) is 26.5 Å². The largest absolute Gasteiger partial charge is 0.444 e. The van der Waals surface area contributed by atoms with Crippen molar-refractivity contribution in [3.63, 3.8) is 0 Å². The van der Waals surface area contributed by atoms with E-state index in [-0.39, 0.29) is 23.8 Å². The van der Waals surface area contributed by atoms with Gasteiger partial charge in [-0.15, -0.1) is 0 Å². The highest BCUT2D eigenvalue weighted by molar-refractivity contribution is 6.02. The quantitative estimate of drug-likeness (QED) is 0.648. The molecular weight excluding hydrogens is 410 g/mol. The van der Waals surface area contributed by atoms with Crippen molar-refractivity contribution in [2.75, 3.05) is 18.4 Å². The normalized spacial score (nSPS) is 16.6. The van der Waals surface area contributed by atoms with Crippen molar-refractivity contribution in [3.8, 4) is 6.07 Å². The van der Waals surface area contributed by atoms with Crippen LogP contribution in [0.3, 0.4) is 0 Å². The molecule has 1 aromatic carbocycles. The highest BCUT2D eigenvalue weighted by Gasteiger charge is 2.29. The first-order valence-electron chi connectivity index (χ1n) is 10.5. The predicted octanol–water partition coefficient (Wildman–Crippen LogP) is 3.46. The molecule has 32 heavy (non-hydrogen) atoms. The summed E-state index contributed by atoms with van der Waals surface area (Å²) in [5.41, 5.74) is 1.51. The Morgan fingerprint density at radius 3 is 2.88 bits per heavy atom. The summed E-state index contributed by atoms with van der Waals surface area (Å²) in [5, 5.41) is 16.1. The molecule has 2 aromatic heterocycles. The molecule has 10 nitrogen and oxygen atoms in total. The zero-order valence-corrected chi connectivity index (χ0v) is 18.3. The maximum absolute atomic E-state index is 12.7. The summed E-state index contributed by atoms with van der Waals surface area (Å²) in [6.07, 6.45) is 3.09. The molecule has 1 atom stereocenters. The third-order valence-electron chi connectivity index (χ3n) is 5.11. The van der Waals surface area contributed by atoms with Gasteiger partial charge in [0.1, 0.15) is 5.60 Å². The number of ether oxygens (including phenoxy) is 1. The summed E-state index contributed by atoms with van der Waals surface area (Å²) in [6, 6.07) is 8.73. The molecule has 1 aliphatic heterocycles. The zero-order chi connectivity index (χ0) is 22.9. The van der Waals surface area contributed by atoms with Crippen LogP contribution in [0, 0.1) is 11.3 Å². The van der Waals surface area contributed by atoms with Gasteiger partial charge in [0.05, 0.1) is 28.7 Å². The van der Waals surface area contributed by atoms with Crippen molar-refractivity contribution < 1.29 is 14.3 Å². The van der Waals surface area contributed by atoms with Crippen LogP contribution in [0.25, 0.3) is 11.0 Å². The molecule has 1 aliphatic rings. The van der Waals surface area contributed by atoms with Gasteiger partial charge in [-0.2, -0.15) is 10.4 Å². The van der Waals surface area contributed by atoms with E-state index in [1.165, 1.54) is 0 Å². The monoisotopic (exact) mass is 435 g/mol.